The van der Waals surface area contributed by atoms with Gasteiger partial charge < -0.3 is 5.11 Å². The number of benzene rings is 2. The summed E-state index contributed by atoms with van der Waals surface area (Å²) in [7, 11) is -4.19. The lowest BCUT2D eigenvalue weighted by atomic mass is 10.1. The monoisotopic (exact) mass is 482 g/mol. The maximum atomic E-state index is 13.0. The van der Waals surface area contributed by atoms with Gasteiger partial charge in [-0.25, -0.2) is 8.42 Å². The molecule has 2 aromatic carbocycles. The minimum atomic E-state index is -4.68. The van der Waals surface area contributed by atoms with Crippen molar-refractivity contribution in [2.75, 3.05) is 32.7 Å². The summed E-state index contributed by atoms with van der Waals surface area (Å²) in [6.45, 7) is 1.07. The number of hydrogen-bond acceptors (Lipinski definition) is 4. The molecule has 0 aromatic heterocycles. The Hall–Kier alpha value is -1.36. The van der Waals surface area contributed by atoms with Gasteiger partial charge in [-0.3, -0.25) is 4.90 Å². The normalized spacial score (nSPS) is 17.8. The fourth-order valence-electron chi connectivity index (χ4n) is 3.20. The zero-order chi connectivity index (χ0) is 22.1. The van der Waals surface area contributed by atoms with Crippen molar-refractivity contribution in [3.8, 4) is 0 Å². The average molecular weight is 483 g/mol. The molecule has 1 heterocycles. The molecule has 0 saturated carbocycles. The molecule has 2 aromatic rings. The van der Waals surface area contributed by atoms with Gasteiger partial charge >= 0.3 is 6.18 Å². The van der Waals surface area contributed by atoms with Crippen molar-refractivity contribution >= 4 is 33.2 Å². The first-order chi connectivity index (χ1) is 14.0. The van der Waals surface area contributed by atoms with Crippen LogP contribution in [0, 0.1) is 0 Å². The zero-order valence-corrected chi connectivity index (χ0v) is 17.9. The Morgan fingerprint density at radius 3 is 2.17 bits per heavy atom. The van der Waals surface area contributed by atoms with E-state index in [9.17, 15) is 26.7 Å². The van der Waals surface area contributed by atoms with E-state index in [1.165, 1.54) is 0 Å². The number of halogens is 5. The molecule has 1 aliphatic heterocycles. The maximum absolute atomic E-state index is 13.0. The SMILES string of the molecule is O=S(=O)(c1cc(C(F)(F)F)ccc1Cl)N1CCN(CC(O)c2ccc(Cl)cc2)CC1. The van der Waals surface area contributed by atoms with Gasteiger partial charge in [0.25, 0.3) is 0 Å². The van der Waals surface area contributed by atoms with Crippen molar-refractivity contribution < 1.29 is 26.7 Å². The fourth-order valence-corrected chi connectivity index (χ4v) is 5.25. The third-order valence-corrected chi connectivity index (χ3v) is 7.53. The molecule has 0 spiro atoms. The van der Waals surface area contributed by atoms with Crippen molar-refractivity contribution in [1.29, 1.82) is 0 Å². The summed E-state index contributed by atoms with van der Waals surface area (Å²) in [6, 6.07) is 9.02. The topological polar surface area (TPSA) is 60.9 Å². The number of aliphatic hydroxyl groups is 1. The molecule has 0 aliphatic carbocycles. The number of alkyl halides is 3. The van der Waals surface area contributed by atoms with Crippen molar-refractivity contribution in [2.24, 2.45) is 0 Å². The third-order valence-electron chi connectivity index (χ3n) is 4.89. The Morgan fingerprint density at radius 2 is 1.60 bits per heavy atom. The van der Waals surface area contributed by atoms with Gasteiger partial charge in [0.2, 0.25) is 10.0 Å². The van der Waals surface area contributed by atoms with Crippen LogP contribution >= 0.6 is 23.2 Å². The molecule has 5 nitrogen and oxygen atoms in total. The van der Waals surface area contributed by atoms with Crippen molar-refractivity contribution in [3.05, 3.63) is 63.6 Å². The summed E-state index contributed by atoms with van der Waals surface area (Å²) in [6.07, 6.45) is -5.45. The van der Waals surface area contributed by atoms with Crippen LogP contribution in [-0.4, -0.2) is 55.5 Å². The van der Waals surface area contributed by atoms with Gasteiger partial charge in [-0.1, -0.05) is 35.3 Å². The summed E-state index contributed by atoms with van der Waals surface area (Å²) < 4.78 is 65.8. The summed E-state index contributed by atoms with van der Waals surface area (Å²) in [5, 5.41) is 10.7. The molecule has 1 unspecified atom stereocenters. The minimum absolute atomic E-state index is 0.0717. The van der Waals surface area contributed by atoms with Crippen LogP contribution in [0.5, 0.6) is 0 Å². The molecule has 3 rings (SSSR count). The molecule has 11 heteroatoms. The molecule has 1 saturated heterocycles. The molecular weight excluding hydrogens is 464 g/mol. The van der Waals surface area contributed by atoms with Gasteiger partial charge in [-0.05, 0) is 35.9 Å². The first-order valence-corrected chi connectivity index (χ1v) is 11.2. The lowest BCUT2D eigenvalue weighted by molar-refractivity contribution is -0.137. The second-order valence-electron chi connectivity index (χ2n) is 6.92. The predicted octanol–water partition coefficient (Wildman–Crippen LogP) is 4.05. The second-order valence-corrected chi connectivity index (χ2v) is 9.66. The number of sulfonamides is 1. The van der Waals surface area contributed by atoms with Crippen LogP contribution in [0.25, 0.3) is 0 Å². The number of β-amino-alcohol motifs (C(OH)–C–C–N with tert-alkyl or cyclic N) is 1. The highest BCUT2D eigenvalue weighted by Crippen LogP contribution is 2.34. The van der Waals surface area contributed by atoms with Crippen LogP contribution in [0.2, 0.25) is 10.0 Å². The first kappa shape index (κ1) is 23.3. The van der Waals surface area contributed by atoms with Crippen LogP contribution < -0.4 is 0 Å². The van der Waals surface area contributed by atoms with Crippen molar-refractivity contribution in [1.82, 2.24) is 9.21 Å². The smallest absolute Gasteiger partial charge is 0.387 e. The fraction of sp³-hybridized carbons (Fsp3) is 0.368. The molecule has 0 radical (unpaired) electrons. The standard InChI is InChI=1S/C19H19Cl2F3N2O3S/c20-15-4-1-13(2-5-15)17(27)12-25-7-9-26(10-8-25)30(28,29)18-11-14(19(22,23)24)3-6-16(18)21/h1-6,11,17,27H,7-10,12H2. The molecule has 1 atom stereocenters. The number of nitrogens with zero attached hydrogens (tertiary/aromatic N) is 2. The number of hydrogen-bond donors (Lipinski definition) is 1. The Bertz CT molecular complexity index is 993. The van der Waals surface area contributed by atoms with E-state index in [0.717, 1.165) is 16.4 Å². The summed E-state index contributed by atoms with van der Waals surface area (Å²) >= 11 is 11.7. The Balaban J connectivity index is 1.67. The molecule has 30 heavy (non-hydrogen) atoms. The molecule has 1 fully saturated rings. The second kappa shape index (κ2) is 9.02. The van der Waals surface area contributed by atoms with Crippen molar-refractivity contribution in [2.45, 2.75) is 17.2 Å². The highest BCUT2D eigenvalue weighted by Gasteiger charge is 2.35. The first-order valence-electron chi connectivity index (χ1n) is 9.01. The van der Waals surface area contributed by atoms with Gasteiger partial charge in [0.05, 0.1) is 16.7 Å². The average Bonchev–Trinajstić information content (AvgIpc) is 2.68. The number of rotatable bonds is 5. The minimum Gasteiger partial charge on any atom is -0.387 e. The van der Waals surface area contributed by atoms with Gasteiger partial charge in [0, 0.05) is 37.7 Å². The van der Waals surface area contributed by atoms with Crippen LogP contribution in [0.15, 0.2) is 47.4 Å². The summed E-state index contributed by atoms with van der Waals surface area (Å²) in [5.74, 6) is 0. The van der Waals surface area contributed by atoms with E-state index in [0.29, 0.717) is 36.3 Å². The third kappa shape index (κ3) is 5.27. The Labute approximate surface area is 182 Å². The van der Waals surface area contributed by atoms with Crippen LogP contribution in [0.3, 0.4) is 0 Å². The van der Waals surface area contributed by atoms with Gasteiger partial charge in [-0.15, -0.1) is 0 Å². The maximum Gasteiger partial charge on any atom is 0.416 e. The molecule has 164 valence electrons. The number of piperazine rings is 1. The quantitative estimate of drug-likeness (QED) is 0.698. The van der Waals surface area contributed by atoms with Crippen LogP contribution in [0.4, 0.5) is 13.2 Å². The van der Waals surface area contributed by atoms with E-state index >= 15 is 0 Å². The number of aliphatic hydroxyl groups excluding tert-OH is 1. The molecular formula is C19H19Cl2F3N2O3S. The largest absolute Gasteiger partial charge is 0.416 e. The van der Waals surface area contributed by atoms with Crippen molar-refractivity contribution in [3.63, 3.8) is 0 Å². The van der Waals surface area contributed by atoms with E-state index < -0.39 is 32.8 Å². The van der Waals surface area contributed by atoms with E-state index in [-0.39, 0.29) is 18.1 Å². The highest BCUT2D eigenvalue weighted by atomic mass is 35.5. The molecule has 0 amide bonds. The van der Waals surface area contributed by atoms with E-state index in [4.69, 9.17) is 23.2 Å². The van der Waals surface area contributed by atoms with Crippen LogP contribution in [0.1, 0.15) is 17.2 Å². The van der Waals surface area contributed by atoms with Crippen LogP contribution in [-0.2, 0) is 16.2 Å². The Kier molecular flexibility index (Phi) is 7.01. The summed E-state index contributed by atoms with van der Waals surface area (Å²) in [5.41, 5.74) is -0.389. The Morgan fingerprint density at radius 1 is 1.00 bits per heavy atom. The zero-order valence-electron chi connectivity index (χ0n) is 15.6. The highest BCUT2D eigenvalue weighted by molar-refractivity contribution is 7.89. The summed E-state index contributed by atoms with van der Waals surface area (Å²) in [4.78, 5) is 1.33. The lowest BCUT2D eigenvalue weighted by Crippen LogP contribution is -2.49. The van der Waals surface area contributed by atoms with Gasteiger partial charge in [0.1, 0.15) is 4.90 Å². The van der Waals surface area contributed by atoms with E-state index in [1.807, 2.05) is 4.90 Å². The molecule has 1 N–H and O–H groups in total. The van der Waals surface area contributed by atoms with Gasteiger partial charge in [0.15, 0.2) is 0 Å². The van der Waals surface area contributed by atoms with E-state index in [1.54, 1.807) is 24.3 Å². The molecule has 0 bridgehead atoms. The van der Waals surface area contributed by atoms with Gasteiger partial charge in [-0.2, -0.15) is 17.5 Å². The predicted molar refractivity (Wildman–Crippen MR) is 108 cm³/mol. The molecule has 1 aliphatic rings. The lowest BCUT2D eigenvalue weighted by Gasteiger charge is -2.35. The van der Waals surface area contributed by atoms with E-state index in [2.05, 4.69) is 0 Å².